The molecule has 0 radical (unpaired) electrons. The highest BCUT2D eigenvalue weighted by Crippen LogP contribution is 2.39. The number of aryl methyl sites for hydroxylation is 1. The molecular formula is C26H24N2O. The van der Waals surface area contributed by atoms with Gasteiger partial charge in [0.2, 0.25) is 0 Å². The van der Waals surface area contributed by atoms with Crippen LogP contribution in [0.15, 0.2) is 78.9 Å². The Morgan fingerprint density at radius 1 is 0.931 bits per heavy atom. The Morgan fingerprint density at radius 3 is 2.59 bits per heavy atom. The topological polar surface area (TPSA) is 23.6 Å². The highest BCUT2D eigenvalue weighted by Gasteiger charge is 2.30. The first kappa shape index (κ1) is 17.7. The summed E-state index contributed by atoms with van der Waals surface area (Å²) < 4.78 is 0. The lowest BCUT2D eigenvalue weighted by Gasteiger charge is -2.35. The zero-order chi connectivity index (χ0) is 19.8. The van der Waals surface area contributed by atoms with Crippen LogP contribution in [-0.2, 0) is 6.42 Å². The van der Waals surface area contributed by atoms with Gasteiger partial charge in [0.15, 0.2) is 0 Å². The van der Waals surface area contributed by atoms with Gasteiger partial charge < -0.3 is 4.90 Å². The second-order valence-corrected chi connectivity index (χ2v) is 7.82. The van der Waals surface area contributed by atoms with E-state index >= 15 is 0 Å². The van der Waals surface area contributed by atoms with Gasteiger partial charge in [-0.2, -0.15) is 0 Å². The van der Waals surface area contributed by atoms with Gasteiger partial charge in [0.1, 0.15) is 0 Å². The van der Waals surface area contributed by atoms with E-state index in [-0.39, 0.29) is 11.9 Å². The van der Waals surface area contributed by atoms with Crippen LogP contribution in [0.1, 0.15) is 39.5 Å². The third-order valence-electron chi connectivity index (χ3n) is 5.97. The lowest BCUT2D eigenvalue weighted by molar-refractivity contribution is 0.0980. The monoisotopic (exact) mass is 380 g/mol. The predicted octanol–water partition coefficient (Wildman–Crippen LogP) is 5.48. The molecule has 0 aliphatic carbocycles. The third-order valence-corrected chi connectivity index (χ3v) is 5.97. The highest BCUT2D eigenvalue weighted by molar-refractivity contribution is 6.08. The number of hydrogen-bond donors (Lipinski definition) is 0. The number of anilines is 2. The Hall–Kier alpha value is -3.33. The molecule has 1 amide bonds. The first-order chi connectivity index (χ1) is 14.2. The van der Waals surface area contributed by atoms with Gasteiger partial charge in [-0.1, -0.05) is 60.7 Å². The van der Waals surface area contributed by atoms with Crippen molar-refractivity contribution < 1.29 is 4.79 Å². The number of amides is 1. The molecule has 3 heteroatoms. The predicted molar refractivity (Wildman–Crippen MR) is 120 cm³/mol. The molecule has 0 bridgehead atoms. The lowest BCUT2D eigenvalue weighted by Crippen LogP contribution is -2.36. The molecule has 2 aliphatic rings. The van der Waals surface area contributed by atoms with Gasteiger partial charge in [0, 0.05) is 24.8 Å². The molecule has 0 fully saturated rings. The summed E-state index contributed by atoms with van der Waals surface area (Å²) in [5.41, 5.74) is 6.58. The molecule has 0 saturated carbocycles. The largest absolute Gasteiger partial charge is 0.374 e. The maximum absolute atomic E-state index is 13.6. The van der Waals surface area contributed by atoms with Crippen LogP contribution in [0.25, 0.3) is 6.08 Å². The Bertz CT molecular complexity index is 1090. The van der Waals surface area contributed by atoms with E-state index in [9.17, 15) is 4.79 Å². The van der Waals surface area contributed by atoms with Crippen molar-refractivity contribution in [1.82, 2.24) is 0 Å². The molecule has 144 valence electrons. The Balaban J connectivity index is 1.61. The number of para-hydroxylation sites is 1. The molecule has 2 heterocycles. The van der Waals surface area contributed by atoms with Crippen molar-refractivity contribution in [3.8, 4) is 0 Å². The fourth-order valence-corrected chi connectivity index (χ4v) is 4.48. The molecule has 0 saturated heterocycles. The summed E-state index contributed by atoms with van der Waals surface area (Å²) in [7, 11) is 2.15. The number of rotatable bonds is 2. The maximum Gasteiger partial charge on any atom is 0.259 e. The van der Waals surface area contributed by atoms with Crippen LogP contribution in [0.4, 0.5) is 11.4 Å². The minimum atomic E-state index is -0.116. The van der Waals surface area contributed by atoms with Crippen LogP contribution >= 0.6 is 0 Å². The minimum Gasteiger partial charge on any atom is -0.374 e. The van der Waals surface area contributed by atoms with Crippen LogP contribution in [-0.4, -0.2) is 19.5 Å². The van der Waals surface area contributed by atoms with Crippen molar-refractivity contribution in [1.29, 1.82) is 0 Å². The molecule has 1 unspecified atom stereocenters. The zero-order valence-electron chi connectivity index (χ0n) is 16.6. The fraction of sp³-hybridized carbons (Fsp3) is 0.192. The van der Waals surface area contributed by atoms with Gasteiger partial charge in [-0.3, -0.25) is 9.69 Å². The second-order valence-electron chi connectivity index (χ2n) is 7.82. The van der Waals surface area contributed by atoms with E-state index in [0.29, 0.717) is 5.56 Å². The molecule has 2 aliphatic heterocycles. The van der Waals surface area contributed by atoms with E-state index in [1.165, 1.54) is 17.7 Å². The standard InChI is InChI=1S/C26H24N2O/c1-27-17-7-11-21-18-22(14-15-23(21)27)25-16-13-19-8-5-6-12-24(19)28(25)26(29)20-9-3-2-4-10-20/h2-6,8-10,12-16,18,25H,7,11,17H2,1H3. The Morgan fingerprint density at radius 2 is 1.72 bits per heavy atom. The van der Waals surface area contributed by atoms with E-state index in [1.807, 2.05) is 53.4 Å². The van der Waals surface area contributed by atoms with Crippen LogP contribution < -0.4 is 9.80 Å². The van der Waals surface area contributed by atoms with Gasteiger partial charge in [0.25, 0.3) is 5.91 Å². The van der Waals surface area contributed by atoms with E-state index < -0.39 is 0 Å². The van der Waals surface area contributed by atoms with E-state index in [2.05, 4.69) is 48.4 Å². The minimum absolute atomic E-state index is 0.0299. The number of fused-ring (bicyclic) bond motifs is 2. The fourth-order valence-electron chi connectivity index (χ4n) is 4.48. The zero-order valence-corrected chi connectivity index (χ0v) is 16.6. The van der Waals surface area contributed by atoms with Crippen molar-refractivity contribution in [2.45, 2.75) is 18.9 Å². The molecule has 1 atom stereocenters. The average molecular weight is 380 g/mol. The summed E-state index contributed by atoms with van der Waals surface area (Å²) in [6.45, 7) is 1.10. The molecule has 5 rings (SSSR count). The van der Waals surface area contributed by atoms with Gasteiger partial charge in [-0.25, -0.2) is 0 Å². The smallest absolute Gasteiger partial charge is 0.259 e. The summed E-state index contributed by atoms with van der Waals surface area (Å²) in [5.74, 6) is 0.0299. The van der Waals surface area contributed by atoms with Gasteiger partial charge >= 0.3 is 0 Å². The summed E-state index contributed by atoms with van der Waals surface area (Å²) in [4.78, 5) is 17.8. The Kier molecular flexibility index (Phi) is 4.44. The van der Waals surface area contributed by atoms with Crippen molar-refractivity contribution in [2.24, 2.45) is 0 Å². The van der Waals surface area contributed by atoms with Gasteiger partial charge in [0.05, 0.1) is 11.7 Å². The number of hydrogen-bond acceptors (Lipinski definition) is 2. The number of benzene rings is 3. The molecule has 3 aromatic rings. The first-order valence-electron chi connectivity index (χ1n) is 10.2. The number of nitrogens with zero attached hydrogens (tertiary/aromatic N) is 2. The van der Waals surface area contributed by atoms with Gasteiger partial charge in [-0.05, 0) is 53.8 Å². The number of carbonyl (C=O) groups is 1. The maximum atomic E-state index is 13.6. The van der Waals surface area contributed by atoms with E-state index in [0.717, 1.165) is 29.8 Å². The van der Waals surface area contributed by atoms with Crippen molar-refractivity contribution >= 4 is 23.4 Å². The summed E-state index contributed by atoms with van der Waals surface area (Å²) in [6.07, 6.45) is 6.55. The Labute approximate surface area is 171 Å². The number of carbonyl (C=O) groups excluding carboxylic acids is 1. The summed E-state index contributed by atoms with van der Waals surface area (Å²) in [6, 6.07) is 24.3. The molecule has 0 aromatic heterocycles. The molecule has 0 N–H and O–H groups in total. The van der Waals surface area contributed by atoms with E-state index in [4.69, 9.17) is 0 Å². The highest BCUT2D eigenvalue weighted by atomic mass is 16.2. The summed E-state index contributed by atoms with van der Waals surface area (Å²) in [5, 5.41) is 0. The third kappa shape index (κ3) is 3.13. The molecule has 29 heavy (non-hydrogen) atoms. The van der Waals surface area contributed by atoms with Crippen molar-refractivity contribution in [2.75, 3.05) is 23.4 Å². The average Bonchev–Trinajstić information content (AvgIpc) is 2.78. The van der Waals surface area contributed by atoms with Crippen LogP contribution in [0.3, 0.4) is 0 Å². The molecule has 3 nitrogen and oxygen atoms in total. The SMILES string of the molecule is CN1CCCc2cc(C3C=Cc4ccccc4N3C(=O)c3ccccc3)ccc21. The normalized spacial score (nSPS) is 17.6. The van der Waals surface area contributed by atoms with Crippen molar-refractivity contribution in [3.05, 3.63) is 101 Å². The van der Waals surface area contributed by atoms with Crippen LogP contribution in [0.2, 0.25) is 0 Å². The van der Waals surface area contributed by atoms with Gasteiger partial charge in [-0.15, -0.1) is 0 Å². The quantitative estimate of drug-likeness (QED) is 0.587. The second kappa shape index (κ2) is 7.25. The molecule has 0 spiro atoms. The lowest BCUT2D eigenvalue weighted by atomic mass is 9.92. The molecular weight excluding hydrogens is 356 g/mol. The van der Waals surface area contributed by atoms with Crippen LogP contribution in [0.5, 0.6) is 0 Å². The summed E-state index contributed by atoms with van der Waals surface area (Å²) >= 11 is 0. The molecule has 3 aromatic carbocycles. The van der Waals surface area contributed by atoms with Crippen molar-refractivity contribution in [3.63, 3.8) is 0 Å². The van der Waals surface area contributed by atoms with Crippen LogP contribution in [0, 0.1) is 0 Å². The van der Waals surface area contributed by atoms with E-state index in [1.54, 1.807) is 0 Å². The first-order valence-corrected chi connectivity index (χ1v) is 10.2.